The predicted octanol–water partition coefficient (Wildman–Crippen LogP) is 2.17. The van der Waals surface area contributed by atoms with E-state index in [1.54, 1.807) is 32.2 Å². The second-order valence-corrected chi connectivity index (χ2v) is 4.05. The van der Waals surface area contributed by atoms with E-state index in [4.69, 9.17) is 9.47 Å². The molecule has 1 N–H and O–H groups in total. The van der Waals surface area contributed by atoms with Crippen LogP contribution in [0.15, 0.2) is 24.4 Å². The first-order valence-electron chi connectivity index (χ1n) is 5.86. The molecule has 0 aliphatic rings. The minimum Gasteiger partial charge on any atom is -0.497 e. The quantitative estimate of drug-likeness (QED) is 0.920. The number of methoxy groups -OCH3 is 2. The van der Waals surface area contributed by atoms with Gasteiger partial charge in [0, 0.05) is 17.8 Å². The first-order chi connectivity index (χ1) is 9.56. The van der Waals surface area contributed by atoms with Crippen LogP contribution in [-0.2, 0) is 0 Å². The molecule has 0 aliphatic heterocycles. The van der Waals surface area contributed by atoms with Crippen LogP contribution in [0.1, 0.15) is 16.2 Å². The molecule has 104 valence electrons. The first kappa shape index (κ1) is 13.8. The lowest BCUT2D eigenvalue weighted by molar-refractivity contribution is 0.0697. The number of ether oxygens (including phenoxy) is 2. The number of aromatic nitrogens is 2. The summed E-state index contributed by atoms with van der Waals surface area (Å²) in [5.74, 6) is 0.513. The highest BCUT2D eigenvalue weighted by Gasteiger charge is 2.18. The summed E-state index contributed by atoms with van der Waals surface area (Å²) < 4.78 is 10.4. The van der Waals surface area contributed by atoms with Crippen molar-refractivity contribution < 1.29 is 19.4 Å². The molecule has 0 aliphatic carbocycles. The fourth-order valence-corrected chi connectivity index (χ4v) is 1.83. The molecule has 0 amide bonds. The number of hydrogen-bond donors (Lipinski definition) is 1. The molecule has 0 spiro atoms. The molecule has 0 saturated heterocycles. The zero-order valence-electron chi connectivity index (χ0n) is 11.4. The molecule has 0 fully saturated rings. The van der Waals surface area contributed by atoms with Crippen LogP contribution in [0, 0.1) is 6.92 Å². The van der Waals surface area contributed by atoms with E-state index in [0.29, 0.717) is 28.6 Å². The second kappa shape index (κ2) is 5.56. The lowest BCUT2D eigenvalue weighted by atomic mass is 10.1. The van der Waals surface area contributed by atoms with Crippen LogP contribution < -0.4 is 9.47 Å². The zero-order chi connectivity index (χ0) is 14.7. The summed E-state index contributed by atoms with van der Waals surface area (Å²) in [6.45, 7) is 1.70. The molecule has 2 rings (SSSR count). The number of carboxylic acid groups (broad SMARTS) is 1. The minimum absolute atomic E-state index is 0.0269. The van der Waals surface area contributed by atoms with Crippen LogP contribution in [-0.4, -0.2) is 35.3 Å². The van der Waals surface area contributed by atoms with Gasteiger partial charge in [0.15, 0.2) is 0 Å². The fraction of sp³-hybridized carbons (Fsp3) is 0.214. The van der Waals surface area contributed by atoms with Gasteiger partial charge >= 0.3 is 5.97 Å². The van der Waals surface area contributed by atoms with Crippen molar-refractivity contribution in [2.45, 2.75) is 6.92 Å². The maximum atomic E-state index is 11.3. The zero-order valence-corrected chi connectivity index (χ0v) is 11.4. The smallest absolute Gasteiger partial charge is 0.339 e. The van der Waals surface area contributed by atoms with Crippen molar-refractivity contribution in [1.82, 2.24) is 9.97 Å². The molecular weight excluding hydrogens is 260 g/mol. The lowest BCUT2D eigenvalue weighted by Crippen LogP contribution is -2.05. The van der Waals surface area contributed by atoms with Gasteiger partial charge in [-0.3, -0.25) is 0 Å². The van der Waals surface area contributed by atoms with Crippen molar-refractivity contribution in [3.8, 4) is 22.8 Å². The summed E-state index contributed by atoms with van der Waals surface area (Å²) in [6.07, 6.45) is 1.30. The van der Waals surface area contributed by atoms with E-state index in [2.05, 4.69) is 9.97 Å². The lowest BCUT2D eigenvalue weighted by Gasteiger charge is -2.12. The van der Waals surface area contributed by atoms with Crippen LogP contribution in [0.25, 0.3) is 11.3 Å². The number of aryl methyl sites for hydroxylation is 1. The number of aromatic carboxylic acids is 1. The highest BCUT2D eigenvalue weighted by molar-refractivity contribution is 5.95. The van der Waals surface area contributed by atoms with Crippen LogP contribution in [0.2, 0.25) is 0 Å². The Labute approximate surface area is 116 Å². The average molecular weight is 274 g/mol. The summed E-state index contributed by atoms with van der Waals surface area (Å²) in [5, 5.41) is 9.24. The summed E-state index contributed by atoms with van der Waals surface area (Å²) in [5.41, 5.74) is 0.930. The van der Waals surface area contributed by atoms with Crippen molar-refractivity contribution >= 4 is 5.97 Å². The Balaban J connectivity index is 2.67. The van der Waals surface area contributed by atoms with Gasteiger partial charge in [-0.2, -0.15) is 0 Å². The highest BCUT2D eigenvalue weighted by atomic mass is 16.5. The van der Waals surface area contributed by atoms with Crippen molar-refractivity contribution in [3.63, 3.8) is 0 Å². The van der Waals surface area contributed by atoms with Crippen LogP contribution in [0.5, 0.6) is 11.5 Å². The third kappa shape index (κ3) is 2.54. The second-order valence-electron chi connectivity index (χ2n) is 4.05. The van der Waals surface area contributed by atoms with Crippen LogP contribution in [0.4, 0.5) is 0 Å². The van der Waals surface area contributed by atoms with Gasteiger partial charge in [-0.15, -0.1) is 0 Å². The number of carboxylic acids is 1. The largest absolute Gasteiger partial charge is 0.497 e. The Bertz CT molecular complexity index is 656. The molecular formula is C14H14N2O4. The fourth-order valence-electron chi connectivity index (χ4n) is 1.83. The van der Waals surface area contributed by atoms with E-state index in [0.717, 1.165) is 0 Å². The Morgan fingerprint density at radius 1 is 1.25 bits per heavy atom. The van der Waals surface area contributed by atoms with E-state index >= 15 is 0 Å². The van der Waals surface area contributed by atoms with Crippen molar-refractivity contribution in [2.75, 3.05) is 14.2 Å². The van der Waals surface area contributed by atoms with E-state index in [1.165, 1.54) is 13.3 Å². The molecule has 2 aromatic rings. The Hall–Kier alpha value is -2.63. The van der Waals surface area contributed by atoms with Gasteiger partial charge in [-0.1, -0.05) is 0 Å². The molecule has 0 radical (unpaired) electrons. The van der Waals surface area contributed by atoms with E-state index in [1.807, 2.05) is 0 Å². The molecule has 1 heterocycles. The summed E-state index contributed by atoms with van der Waals surface area (Å²) in [7, 11) is 3.05. The van der Waals surface area contributed by atoms with Gasteiger partial charge in [0.1, 0.15) is 22.9 Å². The van der Waals surface area contributed by atoms with Crippen molar-refractivity contribution in [3.05, 3.63) is 35.8 Å². The number of hydrogen-bond acceptors (Lipinski definition) is 5. The number of rotatable bonds is 4. The summed E-state index contributed by atoms with van der Waals surface area (Å²) >= 11 is 0. The molecule has 1 aromatic carbocycles. The predicted molar refractivity (Wildman–Crippen MR) is 72.3 cm³/mol. The average Bonchev–Trinajstić information content (AvgIpc) is 2.46. The number of nitrogens with zero attached hydrogens (tertiary/aromatic N) is 2. The molecule has 1 aromatic heterocycles. The molecule has 20 heavy (non-hydrogen) atoms. The van der Waals surface area contributed by atoms with Crippen LogP contribution >= 0.6 is 0 Å². The topological polar surface area (TPSA) is 81.5 Å². The van der Waals surface area contributed by atoms with Gasteiger partial charge in [-0.25, -0.2) is 14.8 Å². The maximum Gasteiger partial charge on any atom is 0.339 e. The van der Waals surface area contributed by atoms with Gasteiger partial charge in [-0.05, 0) is 19.1 Å². The van der Waals surface area contributed by atoms with Gasteiger partial charge in [0.25, 0.3) is 0 Å². The molecule has 0 bridgehead atoms. The SMILES string of the molecule is COc1ccc(-c2nc(C)ncc2C(=O)O)c(OC)c1. The third-order valence-corrected chi connectivity index (χ3v) is 2.80. The van der Waals surface area contributed by atoms with Crippen molar-refractivity contribution in [2.24, 2.45) is 0 Å². The molecule has 0 atom stereocenters. The van der Waals surface area contributed by atoms with E-state index < -0.39 is 5.97 Å². The third-order valence-electron chi connectivity index (χ3n) is 2.80. The van der Waals surface area contributed by atoms with Gasteiger partial charge in [0.2, 0.25) is 0 Å². The first-order valence-corrected chi connectivity index (χ1v) is 5.86. The Morgan fingerprint density at radius 2 is 2.00 bits per heavy atom. The minimum atomic E-state index is -1.09. The van der Waals surface area contributed by atoms with Crippen LogP contribution in [0.3, 0.4) is 0 Å². The molecule has 6 nitrogen and oxygen atoms in total. The summed E-state index contributed by atoms with van der Waals surface area (Å²) in [4.78, 5) is 19.4. The van der Waals surface area contributed by atoms with E-state index in [9.17, 15) is 9.90 Å². The maximum absolute atomic E-state index is 11.3. The number of benzene rings is 1. The van der Waals surface area contributed by atoms with Crippen molar-refractivity contribution in [1.29, 1.82) is 0 Å². The molecule has 6 heteroatoms. The Morgan fingerprint density at radius 3 is 2.60 bits per heavy atom. The standard InChI is InChI=1S/C14H14N2O4/c1-8-15-7-11(14(17)18)13(16-8)10-5-4-9(19-2)6-12(10)20-3/h4-7H,1-3H3,(H,17,18). The normalized spacial score (nSPS) is 10.2. The number of carbonyl (C=O) groups is 1. The molecule has 0 unspecified atom stereocenters. The van der Waals surface area contributed by atoms with Gasteiger partial charge in [0.05, 0.1) is 19.9 Å². The van der Waals surface area contributed by atoms with Gasteiger partial charge < -0.3 is 14.6 Å². The Kier molecular flexibility index (Phi) is 3.84. The molecule has 0 saturated carbocycles. The monoisotopic (exact) mass is 274 g/mol. The summed E-state index contributed by atoms with van der Waals surface area (Å²) in [6, 6.07) is 5.12. The highest BCUT2D eigenvalue weighted by Crippen LogP contribution is 2.33. The van der Waals surface area contributed by atoms with E-state index in [-0.39, 0.29) is 5.56 Å².